The second-order valence-corrected chi connectivity index (χ2v) is 3.89. The Labute approximate surface area is 68.9 Å². The highest BCUT2D eigenvalue weighted by atomic mass is 32.2. The number of benzene rings is 1. The van der Waals surface area contributed by atoms with Crippen molar-refractivity contribution in [3.05, 3.63) is 30.3 Å². The van der Waals surface area contributed by atoms with Crippen molar-refractivity contribution in [2.24, 2.45) is 0 Å². The van der Waals surface area contributed by atoms with Crippen LogP contribution in [0, 0.1) is 0 Å². The predicted molar refractivity (Wildman–Crippen MR) is 47.7 cm³/mol. The van der Waals surface area contributed by atoms with E-state index in [1.807, 2.05) is 18.2 Å². The molecule has 2 rings (SSSR count). The quantitative estimate of drug-likeness (QED) is 0.561. The average Bonchev–Trinajstić information content (AvgIpc) is 2.27. The summed E-state index contributed by atoms with van der Waals surface area (Å²) >= 11 is 6.70. The van der Waals surface area contributed by atoms with Crippen LogP contribution in [0.3, 0.4) is 0 Å². The Morgan fingerprint density at radius 3 is 2.80 bits per heavy atom. The van der Waals surface area contributed by atoms with Gasteiger partial charge in [0.15, 0.2) is 0 Å². The molecule has 1 aromatic heterocycles. The van der Waals surface area contributed by atoms with Gasteiger partial charge in [-0.3, -0.25) is 0 Å². The van der Waals surface area contributed by atoms with Gasteiger partial charge in [-0.25, -0.2) is 0 Å². The van der Waals surface area contributed by atoms with Crippen molar-refractivity contribution in [3.63, 3.8) is 0 Å². The molecular weight excluding hydrogens is 160 g/mol. The van der Waals surface area contributed by atoms with Crippen LogP contribution >= 0.6 is 24.0 Å². The molecule has 2 aromatic rings. The summed E-state index contributed by atoms with van der Waals surface area (Å²) in [5.74, 6) is 0. The molecule has 1 heterocycles. The van der Waals surface area contributed by atoms with Crippen molar-refractivity contribution in [3.8, 4) is 0 Å². The Morgan fingerprint density at radius 2 is 2.00 bits per heavy atom. The second-order valence-electron chi connectivity index (χ2n) is 2.10. The molecule has 2 heteroatoms. The highest BCUT2D eigenvalue weighted by molar-refractivity contribution is 7.83. The minimum absolute atomic E-state index is 0.973. The first-order valence-corrected chi connectivity index (χ1v) is 4.24. The molecule has 0 saturated carbocycles. The van der Waals surface area contributed by atoms with E-state index < -0.39 is 0 Å². The monoisotopic (exact) mass is 165 g/mol. The Balaban J connectivity index is 2.88. The number of hydrogen-bond donors (Lipinski definition) is 0. The van der Waals surface area contributed by atoms with Crippen LogP contribution in [-0.2, 0) is 0 Å². The molecule has 0 amide bonds. The summed E-state index contributed by atoms with van der Waals surface area (Å²) in [5, 5.41) is 1.26. The Hall–Kier alpha value is -0.600. The van der Waals surface area contributed by atoms with Crippen molar-refractivity contribution in [1.29, 1.82) is 0 Å². The summed E-state index contributed by atoms with van der Waals surface area (Å²) in [5.41, 5.74) is 0. The van der Waals surface area contributed by atoms with Gasteiger partial charge in [0.1, 0.15) is 0 Å². The summed E-state index contributed by atoms with van der Waals surface area (Å²) in [6, 6.07) is 10.3. The van der Waals surface area contributed by atoms with Gasteiger partial charge in [0, 0.05) is 4.70 Å². The fourth-order valence-corrected chi connectivity index (χ4v) is 2.15. The van der Waals surface area contributed by atoms with Crippen LogP contribution in [0.1, 0.15) is 0 Å². The molecule has 49 valence electrons. The maximum atomic E-state index is 5.03. The number of hydrogen-bond acceptors (Lipinski definition) is 1. The van der Waals surface area contributed by atoms with Crippen LogP contribution in [0.2, 0.25) is 0 Å². The van der Waals surface area contributed by atoms with Gasteiger partial charge in [-0.05, 0) is 17.5 Å². The molecule has 0 aliphatic carbocycles. The fraction of sp³-hybridized carbons (Fsp3) is 0. The van der Waals surface area contributed by atoms with Gasteiger partial charge >= 0.3 is 0 Å². The third-order valence-electron chi connectivity index (χ3n) is 1.40. The van der Waals surface area contributed by atoms with Crippen LogP contribution in [0.4, 0.5) is 0 Å². The van der Waals surface area contributed by atoms with Gasteiger partial charge in [0.2, 0.25) is 0 Å². The van der Waals surface area contributed by atoms with Crippen molar-refractivity contribution in [2.75, 3.05) is 0 Å². The lowest BCUT2D eigenvalue weighted by molar-refractivity contribution is 1.78. The lowest BCUT2D eigenvalue weighted by Gasteiger charge is -1.81. The summed E-state index contributed by atoms with van der Waals surface area (Å²) in [6.45, 7) is 0. The topological polar surface area (TPSA) is 0 Å². The SMILES string of the molecule is [S]c1cc2ccccc2s1. The molecule has 1 radical (unpaired) electrons. The average molecular weight is 165 g/mol. The van der Waals surface area contributed by atoms with E-state index in [1.165, 1.54) is 10.1 Å². The molecule has 0 spiro atoms. The molecule has 0 fully saturated rings. The zero-order valence-electron chi connectivity index (χ0n) is 5.20. The van der Waals surface area contributed by atoms with E-state index in [0.29, 0.717) is 0 Å². The van der Waals surface area contributed by atoms with Gasteiger partial charge in [0.05, 0.1) is 4.21 Å². The summed E-state index contributed by atoms with van der Waals surface area (Å²) in [4.78, 5) is 0. The van der Waals surface area contributed by atoms with Gasteiger partial charge in [-0.2, -0.15) is 0 Å². The zero-order valence-corrected chi connectivity index (χ0v) is 6.84. The normalized spacial score (nSPS) is 10.4. The third kappa shape index (κ3) is 0.895. The van der Waals surface area contributed by atoms with Crippen molar-refractivity contribution in [2.45, 2.75) is 4.21 Å². The lowest BCUT2D eigenvalue weighted by atomic mass is 10.3. The van der Waals surface area contributed by atoms with Gasteiger partial charge < -0.3 is 0 Å². The van der Waals surface area contributed by atoms with E-state index in [-0.39, 0.29) is 0 Å². The summed E-state index contributed by atoms with van der Waals surface area (Å²) in [7, 11) is 0. The van der Waals surface area contributed by atoms with Gasteiger partial charge in [0.25, 0.3) is 0 Å². The van der Waals surface area contributed by atoms with Crippen molar-refractivity contribution in [1.82, 2.24) is 0 Å². The molecular formula is C8H5S2. The maximum absolute atomic E-state index is 5.03. The molecule has 0 atom stereocenters. The Bertz CT molecular complexity index is 316. The molecule has 0 nitrogen and oxygen atoms in total. The van der Waals surface area contributed by atoms with E-state index in [1.54, 1.807) is 11.3 Å². The standard InChI is InChI=1S/C8H5S2/c9-8-5-6-3-1-2-4-7(6)10-8/h1-5H. The molecule has 0 bridgehead atoms. The van der Waals surface area contributed by atoms with Crippen molar-refractivity contribution >= 4 is 34.1 Å². The zero-order chi connectivity index (χ0) is 6.97. The van der Waals surface area contributed by atoms with E-state index in [0.717, 1.165) is 4.21 Å². The van der Waals surface area contributed by atoms with Gasteiger partial charge in [-0.15, -0.1) is 11.3 Å². The largest absolute Gasteiger partial charge is 0.124 e. The number of fused-ring (bicyclic) bond motifs is 1. The van der Waals surface area contributed by atoms with Crippen LogP contribution in [0.15, 0.2) is 34.5 Å². The Morgan fingerprint density at radius 1 is 1.20 bits per heavy atom. The van der Waals surface area contributed by atoms with E-state index in [4.69, 9.17) is 12.6 Å². The first kappa shape index (κ1) is 6.13. The van der Waals surface area contributed by atoms with Crippen LogP contribution < -0.4 is 0 Å². The second kappa shape index (κ2) is 2.22. The van der Waals surface area contributed by atoms with Crippen molar-refractivity contribution < 1.29 is 0 Å². The Kier molecular flexibility index (Phi) is 1.36. The predicted octanol–water partition coefficient (Wildman–Crippen LogP) is 3.46. The van der Waals surface area contributed by atoms with E-state index in [9.17, 15) is 0 Å². The summed E-state index contributed by atoms with van der Waals surface area (Å²) in [6.07, 6.45) is 0. The summed E-state index contributed by atoms with van der Waals surface area (Å²) < 4.78 is 2.26. The molecule has 0 aliphatic rings. The first-order valence-electron chi connectivity index (χ1n) is 3.02. The smallest absolute Gasteiger partial charge is 0.0912 e. The number of thiophene rings is 1. The van der Waals surface area contributed by atoms with Crippen LogP contribution in [0.5, 0.6) is 0 Å². The lowest BCUT2D eigenvalue weighted by Crippen LogP contribution is -1.56. The molecule has 0 N–H and O–H groups in total. The molecule has 1 aromatic carbocycles. The highest BCUT2D eigenvalue weighted by Gasteiger charge is 1.95. The minimum Gasteiger partial charge on any atom is -0.124 e. The van der Waals surface area contributed by atoms with Crippen LogP contribution in [-0.4, -0.2) is 0 Å². The van der Waals surface area contributed by atoms with E-state index in [2.05, 4.69) is 12.1 Å². The molecule has 0 saturated heterocycles. The molecule has 10 heavy (non-hydrogen) atoms. The number of rotatable bonds is 0. The van der Waals surface area contributed by atoms with Crippen LogP contribution in [0.25, 0.3) is 10.1 Å². The minimum atomic E-state index is 0.973. The first-order chi connectivity index (χ1) is 4.86. The van der Waals surface area contributed by atoms with E-state index >= 15 is 0 Å². The fourth-order valence-electron chi connectivity index (χ4n) is 0.958. The molecule has 0 aliphatic heterocycles. The third-order valence-corrected chi connectivity index (χ3v) is 2.68. The molecule has 0 unspecified atom stereocenters. The van der Waals surface area contributed by atoms with Gasteiger partial charge in [-0.1, -0.05) is 30.8 Å². The maximum Gasteiger partial charge on any atom is 0.0912 e. The highest BCUT2D eigenvalue weighted by Crippen LogP contribution is 2.27.